The van der Waals surface area contributed by atoms with E-state index in [1.54, 1.807) is 21.8 Å². The molecule has 118 valence electrons. The van der Waals surface area contributed by atoms with Gasteiger partial charge in [0.2, 0.25) is 0 Å². The standard InChI is InChI=1S/C19H16N4O/c1-14-6-7-18-17(10-14)19(24)22(13-20-18)12-15-4-2-5-16(11-15)23-9-3-8-21-23/h2-11,13H,12H2,1H3. The summed E-state index contributed by atoms with van der Waals surface area (Å²) in [5.41, 5.74) is 3.76. The van der Waals surface area contributed by atoms with Crippen molar-refractivity contribution in [3.05, 3.63) is 88.7 Å². The molecule has 2 heterocycles. The van der Waals surface area contributed by atoms with Gasteiger partial charge in [-0.1, -0.05) is 23.8 Å². The maximum absolute atomic E-state index is 12.7. The molecule has 4 rings (SSSR count). The fourth-order valence-corrected chi connectivity index (χ4v) is 2.80. The minimum atomic E-state index is -0.0202. The molecule has 2 aromatic heterocycles. The number of rotatable bonds is 3. The van der Waals surface area contributed by atoms with E-state index in [-0.39, 0.29) is 5.56 Å². The highest BCUT2D eigenvalue weighted by Gasteiger charge is 2.06. The highest BCUT2D eigenvalue weighted by Crippen LogP contribution is 2.12. The third kappa shape index (κ3) is 2.60. The van der Waals surface area contributed by atoms with Gasteiger partial charge in [-0.3, -0.25) is 9.36 Å². The molecular weight excluding hydrogens is 300 g/mol. The zero-order valence-corrected chi connectivity index (χ0v) is 13.3. The van der Waals surface area contributed by atoms with Crippen LogP contribution in [0.1, 0.15) is 11.1 Å². The fourth-order valence-electron chi connectivity index (χ4n) is 2.80. The number of aromatic nitrogens is 4. The van der Waals surface area contributed by atoms with Crippen LogP contribution in [0.5, 0.6) is 0 Å². The van der Waals surface area contributed by atoms with Crippen molar-refractivity contribution >= 4 is 10.9 Å². The number of hydrogen-bond donors (Lipinski definition) is 0. The Hall–Kier alpha value is -3.21. The van der Waals surface area contributed by atoms with Gasteiger partial charge in [-0.15, -0.1) is 0 Å². The van der Waals surface area contributed by atoms with Crippen molar-refractivity contribution in [1.29, 1.82) is 0 Å². The van der Waals surface area contributed by atoms with Gasteiger partial charge >= 0.3 is 0 Å². The number of aryl methyl sites for hydroxylation is 1. The van der Waals surface area contributed by atoms with E-state index in [1.165, 1.54) is 0 Å². The summed E-state index contributed by atoms with van der Waals surface area (Å²) in [6.45, 7) is 2.45. The molecule has 0 amide bonds. The van der Waals surface area contributed by atoms with Gasteiger partial charge in [0.05, 0.1) is 29.5 Å². The van der Waals surface area contributed by atoms with Gasteiger partial charge in [-0.05, 0) is 42.8 Å². The summed E-state index contributed by atoms with van der Waals surface area (Å²) < 4.78 is 3.44. The Bertz CT molecular complexity index is 1060. The average Bonchev–Trinajstić information content (AvgIpc) is 3.13. The van der Waals surface area contributed by atoms with E-state index in [9.17, 15) is 4.79 Å². The Labute approximate surface area is 138 Å². The first-order valence-electron chi connectivity index (χ1n) is 7.75. The van der Waals surface area contributed by atoms with E-state index in [4.69, 9.17) is 0 Å². The van der Waals surface area contributed by atoms with Crippen LogP contribution in [-0.4, -0.2) is 19.3 Å². The van der Waals surface area contributed by atoms with Crippen LogP contribution in [0, 0.1) is 6.92 Å². The van der Waals surface area contributed by atoms with Crippen molar-refractivity contribution < 1.29 is 0 Å². The first kappa shape index (κ1) is 14.4. The number of nitrogens with zero attached hydrogens (tertiary/aromatic N) is 4. The highest BCUT2D eigenvalue weighted by molar-refractivity contribution is 5.77. The summed E-state index contributed by atoms with van der Waals surface area (Å²) in [6, 6.07) is 15.6. The van der Waals surface area contributed by atoms with Crippen molar-refractivity contribution in [2.24, 2.45) is 0 Å². The summed E-state index contributed by atoms with van der Waals surface area (Å²) in [5, 5.41) is 4.89. The quantitative estimate of drug-likeness (QED) is 0.584. The Morgan fingerprint density at radius 3 is 2.83 bits per heavy atom. The first-order chi connectivity index (χ1) is 11.7. The van der Waals surface area contributed by atoms with Crippen LogP contribution >= 0.6 is 0 Å². The minimum absolute atomic E-state index is 0.0202. The molecule has 2 aromatic carbocycles. The SMILES string of the molecule is Cc1ccc2ncn(Cc3cccc(-n4cccn4)c3)c(=O)c2c1. The van der Waals surface area contributed by atoms with Crippen LogP contribution in [0.25, 0.3) is 16.6 Å². The Kier molecular flexibility index (Phi) is 3.46. The second-order valence-corrected chi connectivity index (χ2v) is 5.82. The zero-order chi connectivity index (χ0) is 16.5. The topological polar surface area (TPSA) is 52.7 Å². The molecule has 0 fully saturated rings. The zero-order valence-electron chi connectivity index (χ0n) is 13.3. The molecule has 0 aliphatic rings. The van der Waals surface area contributed by atoms with Crippen LogP contribution in [0.3, 0.4) is 0 Å². The third-order valence-electron chi connectivity index (χ3n) is 4.01. The lowest BCUT2D eigenvalue weighted by atomic mass is 10.1. The largest absolute Gasteiger partial charge is 0.294 e. The molecule has 0 saturated heterocycles. The van der Waals surface area contributed by atoms with Crippen molar-refractivity contribution in [1.82, 2.24) is 19.3 Å². The lowest BCUT2D eigenvalue weighted by molar-refractivity contribution is 0.746. The van der Waals surface area contributed by atoms with Gasteiger partial charge < -0.3 is 0 Å². The van der Waals surface area contributed by atoms with Gasteiger partial charge in [0.15, 0.2) is 0 Å². The molecule has 0 atom stereocenters. The highest BCUT2D eigenvalue weighted by atomic mass is 16.1. The second kappa shape index (κ2) is 5.77. The van der Waals surface area contributed by atoms with E-state index >= 15 is 0 Å². The first-order valence-corrected chi connectivity index (χ1v) is 7.75. The molecule has 5 nitrogen and oxygen atoms in total. The lowest BCUT2D eigenvalue weighted by Crippen LogP contribution is -2.21. The van der Waals surface area contributed by atoms with E-state index in [0.29, 0.717) is 11.9 Å². The van der Waals surface area contributed by atoms with Gasteiger partial charge in [-0.2, -0.15) is 5.10 Å². The number of benzene rings is 2. The van der Waals surface area contributed by atoms with Gasteiger partial charge in [-0.25, -0.2) is 9.67 Å². The Balaban J connectivity index is 1.73. The summed E-state index contributed by atoms with van der Waals surface area (Å²) in [5.74, 6) is 0. The average molecular weight is 316 g/mol. The summed E-state index contributed by atoms with van der Waals surface area (Å²) in [6.07, 6.45) is 5.25. The van der Waals surface area contributed by atoms with Crippen molar-refractivity contribution in [2.45, 2.75) is 13.5 Å². The molecule has 0 aliphatic carbocycles. The van der Waals surface area contributed by atoms with Crippen molar-refractivity contribution in [3.8, 4) is 5.69 Å². The molecule has 0 bridgehead atoms. The van der Waals surface area contributed by atoms with E-state index in [2.05, 4.69) is 10.1 Å². The van der Waals surface area contributed by atoms with Crippen LogP contribution in [-0.2, 0) is 6.54 Å². The third-order valence-corrected chi connectivity index (χ3v) is 4.01. The van der Waals surface area contributed by atoms with Crippen molar-refractivity contribution in [3.63, 3.8) is 0 Å². The van der Waals surface area contributed by atoms with Gasteiger partial charge in [0.1, 0.15) is 0 Å². The Morgan fingerprint density at radius 2 is 2.00 bits per heavy atom. The van der Waals surface area contributed by atoms with Crippen LogP contribution < -0.4 is 5.56 Å². The monoisotopic (exact) mass is 316 g/mol. The van der Waals surface area contributed by atoms with Crippen molar-refractivity contribution in [2.75, 3.05) is 0 Å². The molecule has 0 aliphatic heterocycles. The molecule has 5 heteroatoms. The molecule has 0 N–H and O–H groups in total. The van der Waals surface area contributed by atoms with E-state index in [0.717, 1.165) is 22.3 Å². The predicted octanol–water partition coefficient (Wildman–Crippen LogP) is 2.94. The number of fused-ring (bicyclic) bond motifs is 1. The second-order valence-electron chi connectivity index (χ2n) is 5.82. The molecular formula is C19H16N4O. The molecule has 0 unspecified atom stereocenters. The van der Waals surface area contributed by atoms with Crippen LogP contribution in [0.4, 0.5) is 0 Å². The maximum Gasteiger partial charge on any atom is 0.261 e. The normalized spacial score (nSPS) is 11.0. The van der Waals surface area contributed by atoms with Gasteiger partial charge in [0, 0.05) is 12.4 Å². The summed E-state index contributed by atoms with van der Waals surface area (Å²) in [7, 11) is 0. The smallest absolute Gasteiger partial charge is 0.261 e. The van der Waals surface area contributed by atoms with Gasteiger partial charge in [0.25, 0.3) is 5.56 Å². The molecule has 4 aromatic rings. The van der Waals surface area contributed by atoms with E-state index in [1.807, 2.05) is 61.7 Å². The van der Waals surface area contributed by atoms with Crippen LogP contribution in [0.2, 0.25) is 0 Å². The molecule has 0 spiro atoms. The van der Waals surface area contributed by atoms with E-state index < -0.39 is 0 Å². The molecule has 24 heavy (non-hydrogen) atoms. The predicted molar refractivity (Wildman–Crippen MR) is 93.4 cm³/mol. The fraction of sp³-hybridized carbons (Fsp3) is 0.105. The minimum Gasteiger partial charge on any atom is -0.294 e. The van der Waals surface area contributed by atoms with Crippen LogP contribution in [0.15, 0.2) is 72.0 Å². The molecule has 0 radical (unpaired) electrons. The summed E-state index contributed by atoms with van der Waals surface area (Å²) >= 11 is 0. The lowest BCUT2D eigenvalue weighted by Gasteiger charge is -2.09. The Morgan fingerprint density at radius 1 is 1.08 bits per heavy atom. The maximum atomic E-state index is 12.7. The number of hydrogen-bond acceptors (Lipinski definition) is 3. The molecule has 0 saturated carbocycles. The summed E-state index contributed by atoms with van der Waals surface area (Å²) in [4.78, 5) is 17.1.